The van der Waals surface area contributed by atoms with Crippen molar-refractivity contribution in [3.63, 3.8) is 0 Å². The standard InChI is InChI=1S/C12H17NOS/c1-11-7-3-4-8-12(11)15(14)13-9-5-2-6-10-13/h3-4,7-8H,2,5-6,9-10H2,1H3. The van der Waals surface area contributed by atoms with E-state index in [1.807, 2.05) is 31.2 Å². The van der Waals surface area contributed by atoms with Gasteiger partial charge in [-0.15, -0.1) is 0 Å². The predicted octanol–water partition coefficient (Wildman–Crippen LogP) is 2.50. The van der Waals surface area contributed by atoms with Gasteiger partial charge in [-0.25, -0.2) is 8.51 Å². The molecule has 0 aliphatic carbocycles. The third kappa shape index (κ3) is 2.47. The molecule has 1 atom stereocenters. The summed E-state index contributed by atoms with van der Waals surface area (Å²) in [4.78, 5) is 0.972. The Bertz CT molecular complexity index is 358. The fraction of sp³-hybridized carbons (Fsp3) is 0.500. The average Bonchev–Trinajstić information content (AvgIpc) is 2.30. The molecule has 0 spiro atoms. The van der Waals surface area contributed by atoms with Crippen molar-refractivity contribution >= 4 is 11.0 Å². The van der Waals surface area contributed by atoms with E-state index in [4.69, 9.17) is 0 Å². The molecule has 1 saturated heterocycles. The summed E-state index contributed by atoms with van der Waals surface area (Å²) in [6.07, 6.45) is 3.64. The summed E-state index contributed by atoms with van der Waals surface area (Å²) < 4.78 is 14.3. The van der Waals surface area contributed by atoms with E-state index in [2.05, 4.69) is 4.31 Å². The second kappa shape index (κ2) is 4.90. The lowest BCUT2D eigenvalue weighted by Crippen LogP contribution is -2.31. The summed E-state index contributed by atoms with van der Waals surface area (Å²) >= 11 is 0. The van der Waals surface area contributed by atoms with Crippen LogP contribution in [0.2, 0.25) is 0 Å². The van der Waals surface area contributed by atoms with Gasteiger partial charge in [-0.3, -0.25) is 0 Å². The molecule has 3 heteroatoms. The minimum absolute atomic E-state index is 0.948. The van der Waals surface area contributed by atoms with Crippen LogP contribution in [0.4, 0.5) is 0 Å². The average molecular weight is 223 g/mol. The second-order valence-electron chi connectivity index (χ2n) is 4.00. The summed E-state index contributed by atoms with van der Waals surface area (Å²) in [5.74, 6) is 0. The van der Waals surface area contributed by atoms with Crippen molar-refractivity contribution in [2.75, 3.05) is 13.1 Å². The lowest BCUT2D eigenvalue weighted by Gasteiger charge is -2.25. The first kappa shape index (κ1) is 10.8. The highest BCUT2D eigenvalue weighted by Gasteiger charge is 2.18. The van der Waals surface area contributed by atoms with Gasteiger partial charge in [0.1, 0.15) is 11.0 Å². The van der Waals surface area contributed by atoms with Crippen LogP contribution in [0.25, 0.3) is 0 Å². The molecule has 0 N–H and O–H groups in total. The van der Waals surface area contributed by atoms with Crippen LogP contribution in [-0.2, 0) is 11.0 Å². The lowest BCUT2D eigenvalue weighted by atomic mass is 10.2. The molecule has 2 rings (SSSR count). The summed E-state index contributed by atoms with van der Waals surface area (Å²) in [5.41, 5.74) is 1.13. The quantitative estimate of drug-likeness (QED) is 0.754. The minimum atomic E-state index is -0.948. The second-order valence-corrected chi connectivity index (χ2v) is 5.46. The largest absolute Gasteiger partial charge is 0.237 e. The minimum Gasteiger partial charge on any atom is -0.237 e. The van der Waals surface area contributed by atoms with Crippen LogP contribution in [0.1, 0.15) is 24.8 Å². The molecular weight excluding hydrogens is 206 g/mol. The van der Waals surface area contributed by atoms with E-state index < -0.39 is 11.0 Å². The maximum Gasteiger partial charge on any atom is 0.127 e. The molecule has 0 radical (unpaired) electrons. The van der Waals surface area contributed by atoms with Crippen molar-refractivity contribution in [2.45, 2.75) is 31.1 Å². The Hall–Kier alpha value is -0.670. The fourth-order valence-electron chi connectivity index (χ4n) is 1.92. The van der Waals surface area contributed by atoms with Crippen molar-refractivity contribution in [2.24, 2.45) is 0 Å². The van der Waals surface area contributed by atoms with Crippen molar-refractivity contribution < 1.29 is 4.21 Å². The van der Waals surface area contributed by atoms with Gasteiger partial charge in [0.05, 0.1) is 4.90 Å². The van der Waals surface area contributed by atoms with Gasteiger partial charge >= 0.3 is 0 Å². The maximum absolute atomic E-state index is 12.3. The predicted molar refractivity (Wildman–Crippen MR) is 63.0 cm³/mol. The summed E-state index contributed by atoms with van der Waals surface area (Å²) in [6, 6.07) is 7.95. The molecule has 0 aromatic heterocycles. The van der Waals surface area contributed by atoms with Gasteiger partial charge < -0.3 is 0 Å². The number of aryl methyl sites for hydroxylation is 1. The van der Waals surface area contributed by atoms with Crippen LogP contribution in [0.15, 0.2) is 29.2 Å². The van der Waals surface area contributed by atoms with E-state index in [0.717, 1.165) is 23.5 Å². The highest BCUT2D eigenvalue weighted by atomic mass is 32.2. The third-order valence-corrected chi connectivity index (χ3v) is 4.50. The van der Waals surface area contributed by atoms with Gasteiger partial charge in [-0.1, -0.05) is 24.6 Å². The molecule has 15 heavy (non-hydrogen) atoms. The molecule has 1 aliphatic rings. The number of nitrogens with zero attached hydrogens (tertiary/aromatic N) is 1. The molecule has 1 aromatic carbocycles. The van der Waals surface area contributed by atoms with E-state index in [9.17, 15) is 4.21 Å². The van der Waals surface area contributed by atoms with Crippen molar-refractivity contribution in [3.05, 3.63) is 29.8 Å². The van der Waals surface area contributed by atoms with Gasteiger partial charge in [-0.05, 0) is 31.4 Å². The van der Waals surface area contributed by atoms with Crippen molar-refractivity contribution in [1.29, 1.82) is 0 Å². The molecule has 0 bridgehead atoms. The monoisotopic (exact) mass is 223 g/mol. The van der Waals surface area contributed by atoms with Crippen molar-refractivity contribution in [3.8, 4) is 0 Å². The first-order valence-corrected chi connectivity index (χ1v) is 6.62. The summed E-state index contributed by atoms with van der Waals surface area (Å²) in [6.45, 7) is 3.97. The zero-order valence-corrected chi connectivity index (χ0v) is 9.93. The molecule has 2 nitrogen and oxygen atoms in total. The fourth-order valence-corrected chi connectivity index (χ4v) is 3.33. The zero-order valence-electron chi connectivity index (χ0n) is 9.11. The van der Waals surface area contributed by atoms with Gasteiger partial charge in [-0.2, -0.15) is 0 Å². The highest BCUT2D eigenvalue weighted by Crippen LogP contribution is 2.19. The SMILES string of the molecule is Cc1ccccc1S(=O)N1CCCCC1. The third-order valence-electron chi connectivity index (χ3n) is 2.83. The van der Waals surface area contributed by atoms with E-state index in [1.54, 1.807) is 0 Å². The van der Waals surface area contributed by atoms with Crippen LogP contribution >= 0.6 is 0 Å². The smallest absolute Gasteiger partial charge is 0.127 e. The van der Waals surface area contributed by atoms with Gasteiger partial charge in [0.2, 0.25) is 0 Å². The van der Waals surface area contributed by atoms with E-state index in [1.165, 1.54) is 19.3 Å². The van der Waals surface area contributed by atoms with Gasteiger partial charge in [0, 0.05) is 13.1 Å². The van der Waals surface area contributed by atoms with Crippen LogP contribution in [0, 0.1) is 6.92 Å². The summed E-state index contributed by atoms with van der Waals surface area (Å²) in [5, 5.41) is 0. The van der Waals surface area contributed by atoms with Crippen molar-refractivity contribution in [1.82, 2.24) is 4.31 Å². The Kier molecular flexibility index (Phi) is 3.54. The molecule has 1 unspecified atom stereocenters. The van der Waals surface area contributed by atoms with E-state index in [-0.39, 0.29) is 0 Å². The first-order chi connectivity index (χ1) is 7.29. The summed E-state index contributed by atoms with van der Waals surface area (Å²) in [7, 11) is -0.948. The maximum atomic E-state index is 12.3. The number of rotatable bonds is 2. The Morgan fingerprint density at radius 1 is 1.13 bits per heavy atom. The number of hydrogen-bond donors (Lipinski definition) is 0. The molecule has 1 fully saturated rings. The van der Waals surface area contributed by atoms with Gasteiger partial charge in [0.15, 0.2) is 0 Å². The highest BCUT2D eigenvalue weighted by molar-refractivity contribution is 7.82. The number of benzene rings is 1. The molecule has 0 saturated carbocycles. The number of piperidine rings is 1. The molecule has 1 aromatic rings. The molecule has 82 valence electrons. The van der Waals surface area contributed by atoms with Crippen LogP contribution < -0.4 is 0 Å². The zero-order chi connectivity index (χ0) is 10.7. The topological polar surface area (TPSA) is 20.3 Å². The Balaban J connectivity index is 2.16. The molecule has 0 amide bonds. The van der Waals surface area contributed by atoms with Crippen LogP contribution in [0.5, 0.6) is 0 Å². The molecular formula is C12H17NOS. The van der Waals surface area contributed by atoms with E-state index >= 15 is 0 Å². The van der Waals surface area contributed by atoms with Crippen LogP contribution in [-0.4, -0.2) is 21.6 Å². The Morgan fingerprint density at radius 3 is 2.47 bits per heavy atom. The molecule has 1 aliphatic heterocycles. The molecule has 1 heterocycles. The van der Waals surface area contributed by atoms with E-state index in [0.29, 0.717) is 0 Å². The normalized spacial score (nSPS) is 20.1. The number of hydrogen-bond acceptors (Lipinski definition) is 1. The Morgan fingerprint density at radius 2 is 1.80 bits per heavy atom. The Labute approximate surface area is 93.9 Å². The lowest BCUT2D eigenvalue weighted by molar-refractivity contribution is 0.365. The van der Waals surface area contributed by atoms with Crippen LogP contribution in [0.3, 0.4) is 0 Å². The van der Waals surface area contributed by atoms with Gasteiger partial charge in [0.25, 0.3) is 0 Å². The first-order valence-electron chi connectivity index (χ1n) is 5.51.